The van der Waals surface area contributed by atoms with Gasteiger partial charge in [0.15, 0.2) is 28.1 Å². The Bertz CT molecular complexity index is 2150. The highest BCUT2D eigenvalue weighted by molar-refractivity contribution is 8.00. The molecule has 7 N–H and O–H groups in total. The number of anilines is 1. The number of aliphatic carboxylic acids is 2. The Balaban J connectivity index is 1.03. The number of oxime groups is 1. The van der Waals surface area contributed by atoms with Gasteiger partial charge in [-0.3, -0.25) is 24.1 Å². The monoisotopic (exact) mass is 832 g/mol. The van der Waals surface area contributed by atoms with Gasteiger partial charge < -0.3 is 35.5 Å². The first-order valence-corrected chi connectivity index (χ1v) is 19.9. The average Bonchev–Trinajstić information content (AvgIpc) is 3.68. The highest BCUT2D eigenvalue weighted by atomic mass is 35.5. The van der Waals surface area contributed by atoms with E-state index in [4.69, 9.17) is 22.2 Å². The number of hydrogen-bond acceptors (Lipinski definition) is 15. The number of nitrogen functional groups attached to an aromatic ring is 1. The minimum atomic E-state index is -1.77. The number of Topliss-reactive ketones (excluding diaryl/α,β-unsaturated/α-hetero) is 1. The van der Waals surface area contributed by atoms with Gasteiger partial charge in [0.25, 0.3) is 11.8 Å². The molecule has 7 heterocycles. The number of amides is 3. The molecule has 18 nitrogen and oxygen atoms in total. The first-order valence-electron chi connectivity index (χ1n) is 17.7. The molecule has 1 aromatic heterocycles. The molecule has 298 valence electrons. The van der Waals surface area contributed by atoms with Crippen molar-refractivity contribution in [2.24, 2.45) is 16.5 Å². The number of nitrogens with zero attached hydrogens (tertiary/aromatic N) is 5. The molecule has 2 bridgehead atoms. The number of imide groups is 1. The predicted octanol–water partition coefficient (Wildman–Crippen LogP) is 2.39. The van der Waals surface area contributed by atoms with Gasteiger partial charge in [-0.15, -0.1) is 23.1 Å². The maximum Gasteiger partial charge on any atom is 0.352 e. The van der Waals surface area contributed by atoms with Crippen molar-refractivity contribution in [2.75, 3.05) is 38.5 Å². The molecule has 4 fully saturated rings. The van der Waals surface area contributed by atoms with Crippen LogP contribution in [0.2, 0.25) is 5.02 Å². The fraction of sp³-hybridized carbons (Fsp3) is 0.486. The number of ketones is 1. The van der Waals surface area contributed by atoms with Gasteiger partial charge in [0.1, 0.15) is 17.9 Å². The molecule has 6 aliphatic heterocycles. The molecule has 0 spiro atoms. The number of hydrazine groups is 1. The Hall–Kier alpha value is -4.76. The number of carbonyl (C=O) groups is 6. The lowest BCUT2D eigenvalue weighted by Gasteiger charge is -2.57. The molecular formula is C35H39ClN7O11S2+. The molecule has 0 radical (unpaired) electrons. The quantitative estimate of drug-likeness (QED) is 0.0423. The van der Waals surface area contributed by atoms with E-state index < -0.39 is 68.9 Å². The minimum absolute atomic E-state index is 0.0629. The van der Waals surface area contributed by atoms with Gasteiger partial charge in [0, 0.05) is 53.8 Å². The Morgan fingerprint density at radius 1 is 1.14 bits per heavy atom. The summed E-state index contributed by atoms with van der Waals surface area (Å²) < 4.78 is 0.609. The number of phenolic OH excluding ortho intramolecular Hbond substituents is 2. The number of fused-ring (bicyclic) bond motifs is 5. The van der Waals surface area contributed by atoms with E-state index in [1.54, 1.807) is 0 Å². The van der Waals surface area contributed by atoms with Crippen LogP contribution in [-0.2, 0) is 24.0 Å². The first-order chi connectivity index (χ1) is 26.3. The number of benzene rings is 1. The first kappa shape index (κ1) is 39.5. The topological polar surface area (TPSA) is 262 Å². The second kappa shape index (κ2) is 14.0. The van der Waals surface area contributed by atoms with Crippen molar-refractivity contribution in [1.29, 1.82) is 0 Å². The van der Waals surface area contributed by atoms with Gasteiger partial charge >= 0.3 is 11.9 Å². The van der Waals surface area contributed by atoms with Crippen LogP contribution >= 0.6 is 34.7 Å². The second-order valence-corrected chi connectivity index (χ2v) is 18.1. The van der Waals surface area contributed by atoms with Crippen molar-refractivity contribution in [1.82, 2.24) is 20.3 Å². The number of aromatic hydroxyl groups is 2. The largest absolute Gasteiger partial charge is 0.504 e. The van der Waals surface area contributed by atoms with Crippen molar-refractivity contribution < 1.29 is 58.5 Å². The summed E-state index contributed by atoms with van der Waals surface area (Å²) in [6, 6.07) is 1.01. The molecule has 0 aliphatic carbocycles. The average molecular weight is 833 g/mol. The summed E-state index contributed by atoms with van der Waals surface area (Å²) in [6.07, 6.45) is 1.82. The van der Waals surface area contributed by atoms with E-state index in [-0.39, 0.29) is 50.4 Å². The molecule has 1 aromatic carbocycles. The summed E-state index contributed by atoms with van der Waals surface area (Å²) in [5.74, 6) is -7.31. The zero-order chi connectivity index (χ0) is 40.6. The summed E-state index contributed by atoms with van der Waals surface area (Å²) in [5.41, 5.74) is 6.74. The number of aromatic nitrogens is 1. The molecule has 4 saturated heterocycles. The van der Waals surface area contributed by atoms with E-state index in [2.05, 4.69) is 15.6 Å². The van der Waals surface area contributed by atoms with Crippen molar-refractivity contribution in [3.8, 4) is 11.5 Å². The van der Waals surface area contributed by atoms with Crippen LogP contribution in [0.3, 0.4) is 0 Å². The third kappa shape index (κ3) is 6.55. The number of nitrogens with one attached hydrogen (secondary N) is 1. The van der Waals surface area contributed by atoms with E-state index in [1.165, 1.54) is 35.9 Å². The van der Waals surface area contributed by atoms with E-state index in [0.717, 1.165) is 41.7 Å². The standard InChI is InChI=1S/C35H38ClN7O11S2/c1-15-18(12-43-7-4-35(5-8-43,6-9-43)14-38-42-28(48)16-10-21(45)26(46)23(36)22(16)29(42)49)25(31(50)51)41-27(47)17(30(41)56-15)11-20(44)24(19-13-55-33(37)39-19)40-54-34(2,3)32(52)53/h10,13,15,17,30,38H,4-9,11-12,14H2,1-3H3,(H5-,37,39,40,44,45,46,48,49,50,51,52,53)/p+1/t15-,17+,30+,35?,43?/m0/s1. The fourth-order valence-electron chi connectivity index (χ4n) is 8.04. The number of carbonyl (C=O) groups excluding carboxylic acids is 4. The Kier molecular flexibility index (Phi) is 9.88. The number of halogens is 1. The Morgan fingerprint density at radius 3 is 2.39 bits per heavy atom. The van der Waals surface area contributed by atoms with Gasteiger partial charge in [-0.1, -0.05) is 16.8 Å². The summed E-state index contributed by atoms with van der Waals surface area (Å²) >= 11 is 8.53. The van der Waals surface area contributed by atoms with Gasteiger partial charge in [-0.25, -0.2) is 25.0 Å². The summed E-state index contributed by atoms with van der Waals surface area (Å²) in [4.78, 5) is 88.5. The summed E-state index contributed by atoms with van der Waals surface area (Å²) in [5, 5.41) is 44.8. The smallest absolute Gasteiger partial charge is 0.352 e. The normalized spacial score (nSPS) is 27.3. The SMILES string of the molecule is C[C@@H]1S[C@@H]2[C@H](CC(=O)/C(=N\OC(C)(C)C(=O)O)c3csc(N)n3)C(=O)N2C(C(=O)O)=C1C[N+]12CCC(CNN3C(=O)c4cc(O)c(O)c(Cl)c4C3=O)(CC1)CC2. The highest BCUT2D eigenvalue weighted by Crippen LogP contribution is 2.51. The molecule has 8 rings (SSSR count). The van der Waals surface area contributed by atoms with Crippen molar-refractivity contribution in [3.05, 3.63) is 44.6 Å². The predicted molar refractivity (Wildman–Crippen MR) is 201 cm³/mol. The molecule has 3 amide bonds. The van der Waals surface area contributed by atoms with Gasteiger partial charge in [-0.2, -0.15) is 0 Å². The van der Waals surface area contributed by atoms with Crippen LogP contribution in [0.4, 0.5) is 5.13 Å². The van der Waals surface area contributed by atoms with Crippen LogP contribution in [0.15, 0.2) is 27.9 Å². The lowest BCUT2D eigenvalue weighted by atomic mass is 9.70. The lowest BCUT2D eigenvalue weighted by Crippen LogP contribution is -2.66. The number of piperidine rings is 3. The molecule has 0 unspecified atom stereocenters. The Labute approximate surface area is 332 Å². The van der Waals surface area contributed by atoms with E-state index in [0.29, 0.717) is 42.8 Å². The number of rotatable bonds is 13. The Morgan fingerprint density at radius 2 is 1.80 bits per heavy atom. The van der Waals surface area contributed by atoms with Crippen LogP contribution < -0.4 is 11.2 Å². The maximum atomic E-state index is 13.7. The molecule has 21 heteroatoms. The van der Waals surface area contributed by atoms with Crippen LogP contribution in [0.1, 0.15) is 72.9 Å². The molecule has 3 atom stereocenters. The number of nitrogens with two attached hydrogens (primary N) is 1. The molecule has 6 aliphatic rings. The minimum Gasteiger partial charge on any atom is -0.504 e. The zero-order valence-corrected chi connectivity index (χ0v) is 32.8. The summed E-state index contributed by atoms with van der Waals surface area (Å²) in [7, 11) is 0. The van der Waals surface area contributed by atoms with E-state index in [9.17, 15) is 49.2 Å². The zero-order valence-electron chi connectivity index (χ0n) is 30.4. The van der Waals surface area contributed by atoms with Crippen LogP contribution in [0.5, 0.6) is 11.5 Å². The van der Waals surface area contributed by atoms with Crippen LogP contribution in [0.25, 0.3) is 0 Å². The van der Waals surface area contributed by atoms with Gasteiger partial charge in [-0.05, 0) is 26.8 Å². The number of thioether (sulfide) groups is 1. The van der Waals surface area contributed by atoms with Crippen LogP contribution in [0, 0.1) is 11.3 Å². The van der Waals surface area contributed by atoms with Gasteiger partial charge in [0.2, 0.25) is 11.5 Å². The third-order valence-electron chi connectivity index (χ3n) is 11.6. The fourth-order valence-corrected chi connectivity index (χ4v) is 10.4. The summed E-state index contributed by atoms with van der Waals surface area (Å²) in [6.45, 7) is 7.21. The molecular weight excluding hydrogens is 794 g/mol. The number of carboxylic acid groups (broad SMARTS) is 2. The van der Waals surface area contributed by atoms with Crippen molar-refractivity contribution >= 4 is 81.0 Å². The number of β-lactam (4-membered cyclic amide) rings is 1. The number of thiazole rings is 1. The molecule has 2 aromatic rings. The lowest BCUT2D eigenvalue weighted by molar-refractivity contribution is -0.941. The second-order valence-electron chi connectivity index (χ2n) is 15.4. The molecule has 0 saturated carbocycles. The highest BCUT2D eigenvalue weighted by Gasteiger charge is 2.58. The van der Waals surface area contributed by atoms with Crippen molar-refractivity contribution in [3.63, 3.8) is 0 Å². The van der Waals surface area contributed by atoms with Gasteiger partial charge in [0.05, 0.1) is 47.1 Å². The number of phenols is 2. The number of carboxylic acids is 2. The third-order valence-corrected chi connectivity index (χ3v) is 14.1. The van der Waals surface area contributed by atoms with Crippen LogP contribution in [-0.4, -0.2) is 130 Å². The molecule has 56 heavy (non-hydrogen) atoms. The van der Waals surface area contributed by atoms with E-state index >= 15 is 0 Å². The number of hydrogen-bond donors (Lipinski definition) is 6. The number of quaternary nitrogens is 1. The van der Waals surface area contributed by atoms with Crippen molar-refractivity contribution in [2.45, 2.75) is 62.7 Å². The van der Waals surface area contributed by atoms with E-state index in [1.807, 2.05) is 6.92 Å². The maximum absolute atomic E-state index is 13.7.